The molecule has 3 aromatic rings. The maximum absolute atomic E-state index is 14.9. The molecule has 0 aliphatic heterocycles. The number of benzene rings is 3. The van der Waals surface area contributed by atoms with Crippen LogP contribution in [0.5, 0.6) is 0 Å². The minimum atomic E-state index is -4.32. The largest absolute Gasteiger partial charge is 0.352 e. The van der Waals surface area contributed by atoms with E-state index in [4.69, 9.17) is 11.6 Å². The Labute approximate surface area is 228 Å². The number of nitrogens with one attached hydrogen (secondary N) is 1. The van der Waals surface area contributed by atoms with Crippen LogP contribution in [-0.2, 0) is 26.2 Å². The molecule has 0 spiro atoms. The molecule has 0 aliphatic rings. The molecule has 3 rings (SSSR count). The van der Waals surface area contributed by atoms with E-state index in [2.05, 4.69) is 5.32 Å². The number of hydrogen-bond acceptors (Lipinski definition) is 4. The molecule has 0 fully saturated rings. The van der Waals surface area contributed by atoms with E-state index >= 15 is 0 Å². The van der Waals surface area contributed by atoms with Crippen LogP contribution in [0.15, 0.2) is 83.8 Å². The first-order chi connectivity index (χ1) is 18.0. The van der Waals surface area contributed by atoms with Gasteiger partial charge in [-0.05, 0) is 62.2 Å². The highest BCUT2D eigenvalue weighted by Gasteiger charge is 2.33. The Bertz CT molecular complexity index is 1350. The molecule has 202 valence electrons. The molecular weight excluding hydrogens is 529 g/mol. The smallest absolute Gasteiger partial charge is 0.264 e. The van der Waals surface area contributed by atoms with Crippen molar-refractivity contribution >= 4 is 39.1 Å². The Hall–Kier alpha value is -3.43. The van der Waals surface area contributed by atoms with Gasteiger partial charge in [0.25, 0.3) is 10.0 Å². The van der Waals surface area contributed by atoms with E-state index in [0.29, 0.717) is 17.0 Å². The first kappa shape index (κ1) is 29.1. The summed E-state index contributed by atoms with van der Waals surface area (Å²) in [6.45, 7) is 4.65. The highest BCUT2D eigenvalue weighted by molar-refractivity contribution is 7.92. The molecule has 0 saturated carbocycles. The van der Waals surface area contributed by atoms with E-state index in [1.165, 1.54) is 35.2 Å². The third kappa shape index (κ3) is 7.11. The zero-order chi connectivity index (χ0) is 27.9. The average molecular weight is 560 g/mol. The van der Waals surface area contributed by atoms with Crippen molar-refractivity contribution in [3.8, 4) is 0 Å². The molecule has 0 radical (unpaired) electrons. The predicted molar refractivity (Wildman–Crippen MR) is 147 cm³/mol. The van der Waals surface area contributed by atoms with Crippen LogP contribution < -0.4 is 9.62 Å². The quantitative estimate of drug-likeness (QED) is 0.358. The number of carbonyl (C=O) groups is 2. The lowest BCUT2D eigenvalue weighted by molar-refractivity contribution is -0.139. The fourth-order valence-corrected chi connectivity index (χ4v) is 5.29. The fraction of sp³-hybridized carbons (Fsp3) is 0.286. The van der Waals surface area contributed by atoms with Crippen LogP contribution in [-0.4, -0.2) is 43.8 Å². The van der Waals surface area contributed by atoms with E-state index in [9.17, 15) is 22.4 Å². The lowest BCUT2D eigenvalue weighted by atomic mass is 10.1. The van der Waals surface area contributed by atoms with Crippen molar-refractivity contribution in [2.75, 3.05) is 10.8 Å². The van der Waals surface area contributed by atoms with E-state index in [1.807, 2.05) is 13.8 Å². The van der Waals surface area contributed by atoms with Crippen LogP contribution in [0.1, 0.15) is 32.8 Å². The van der Waals surface area contributed by atoms with E-state index in [-0.39, 0.29) is 29.1 Å². The summed E-state index contributed by atoms with van der Waals surface area (Å²) in [5.41, 5.74) is 0.419. The number of sulfonamides is 1. The third-order valence-corrected chi connectivity index (χ3v) is 8.19. The van der Waals surface area contributed by atoms with E-state index < -0.39 is 34.3 Å². The second kappa shape index (κ2) is 12.9. The van der Waals surface area contributed by atoms with Gasteiger partial charge < -0.3 is 10.2 Å². The zero-order valence-corrected chi connectivity index (χ0v) is 23.0. The van der Waals surface area contributed by atoms with E-state index in [1.54, 1.807) is 49.4 Å². The summed E-state index contributed by atoms with van der Waals surface area (Å²) in [5.74, 6) is -1.86. The topological polar surface area (TPSA) is 86.8 Å². The normalized spacial score (nSPS) is 12.9. The molecule has 0 aliphatic carbocycles. The maximum Gasteiger partial charge on any atom is 0.264 e. The molecule has 3 aromatic carbocycles. The summed E-state index contributed by atoms with van der Waals surface area (Å²) >= 11 is 6.00. The molecule has 0 bridgehead atoms. The molecule has 0 saturated heterocycles. The van der Waals surface area contributed by atoms with Crippen LogP contribution in [0.25, 0.3) is 0 Å². The van der Waals surface area contributed by atoms with Crippen molar-refractivity contribution in [2.24, 2.45) is 0 Å². The van der Waals surface area contributed by atoms with Crippen LogP contribution in [0.4, 0.5) is 10.1 Å². The van der Waals surface area contributed by atoms with Gasteiger partial charge in [0.05, 0.1) is 10.6 Å². The Balaban J connectivity index is 2.02. The van der Waals surface area contributed by atoms with Gasteiger partial charge in [-0.2, -0.15) is 0 Å². The van der Waals surface area contributed by atoms with Crippen molar-refractivity contribution < 1.29 is 22.4 Å². The Morgan fingerprint density at radius 2 is 1.55 bits per heavy atom. The second-order valence-corrected chi connectivity index (χ2v) is 11.2. The summed E-state index contributed by atoms with van der Waals surface area (Å²) in [5, 5.41) is 3.37. The standard InChI is InChI=1S/C28H31ClFN3O4S/c1-4-20(2)31-28(35)21(3)32(18-22-14-16-23(29)17-15-22)27(34)19-33(26-13-9-8-12-25(26)30)38(36,37)24-10-6-5-7-11-24/h5-17,20-21H,4,18-19H2,1-3H3,(H,31,35)/t20-,21-/m0/s1. The van der Waals surface area contributed by atoms with Gasteiger partial charge in [-0.25, -0.2) is 12.8 Å². The number of hydrogen-bond donors (Lipinski definition) is 1. The van der Waals surface area contributed by atoms with Crippen molar-refractivity contribution in [3.63, 3.8) is 0 Å². The van der Waals surface area contributed by atoms with Crippen LogP contribution in [0.3, 0.4) is 0 Å². The molecular formula is C28H31ClFN3O4S. The van der Waals surface area contributed by atoms with Crippen molar-refractivity contribution in [1.29, 1.82) is 0 Å². The Kier molecular flexibility index (Phi) is 9.88. The number of carbonyl (C=O) groups excluding carboxylic acids is 2. The Morgan fingerprint density at radius 3 is 2.16 bits per heavy atom. The summed E-state index contributed by atoms with van der Waals surface area (Å²) in [7, 11) is -4.32. The molecule has 2 atom stereocenters. The van der Waals surface area contributed by atoms with Crippen molar-refractivity contribution in [2.45, 2.75) is 50.7 Å². The summed E-state index contributed by atoms with van der Waals surface area (Å²) in [6.07, 6.45) is 0.694. The molecule has 2 amide bonds. The lowest BCUT2D eigenvalue weighted by Gasteiger charge is -2.32. The van der Waals surface area contributed by atoms with Crippen LogP contribution in [0, 0.1) is 5.82 Å². The number of nitrogens with zero attached hydrogens (tertiary/aromatic N) is 2. The van der Waals surface area contributed by atoms with Gasteiger partial charge in [0.1, 0.15) is 18.4 Å². The SMILES string of the molecule is CC[C@H](C)NC(=O)[C@H](C)N(Cc1ccc(Cl)cc1)C(=O)CN(c1ccccc1F)S(=O)(=O)c1ccccc1. The van der Waals surface area contributed by atoms with Crippen molar-refractivity contribution in [1.82, 2.24) is 10.2 Å². The first-order valence-electron chi connectivity index (χ1n) is 12.2. The minimum absolute atomic E-state index is 0.0155. The Morgan fingerprint density at radius 1 is 0.947 bits per heavy atom. The molecule has 10 heteroatoms. The van der Waals surface area contributed by atoms with Crippen molar-refractivity contribution in [3.05, 3.63) is 95.3 Å². The van der Waals surface area contributed by atoms with Gasteiger partial charge in [-0.1, -0.05) is 61.0 Å². The predicted octanol–water partition coefficient (Wildman–Crippen LogP) is 5.01. The van der Waals surface area contributed by atoms with E-state index in [0.717, 1.165) is 10.4 Å². The van der Waals surface area contributed by atoms with Gasteiger partial charge in [0.15, 0.2) is 0 Å². The number of halogens is 2. The summed E-state index contributed by atoms with van der Waals surface area (Å²) < 4.78 is 42.9. The van der Waals surface area contributed by atoms with Gasteiger partial charge in [-0.3, -0.25) is 13.9 Å². The van der Waals surface area contributed by atoms with Crippen LogP contribution >= 0.6 is 11.6 Å². The molecule has 38 heavy (non-hydrogen) atoms. The maximum atomic E-state index is 14.9. The fourth-order valence-electron chi connectivity index (χ4n) is 3.72. The summed E-state index contributed by atoms with van der Waals surface area (Å²) in [4.78, 5) is 28.0. The molecule has 0 heterocycles. The minimum Gasteiger partial charge on any atom is -0.352 e. The third-order valence-electron chi connectivity index (χ3n) is 6.17. The lowest BCUT2D eigenvalue weighted by Crippen LogP contribution is -2.52. The average Bonchev–Trinajstić information content (AvgIpc) is 2.91. The molecule has 1 N–H and O–H groups in total. The van der Waals surface area contributed by atoms with Crippen LogP contribution in [0.2, 0.25) is 5.02 Å². The number of amides is 2. The first-order valence-corrected chi connectivity index (χ1v) is 14.0. The van der Waals surface area contributed by atoms with Gasteiger partial charge in [0.2, 0.25) is 11.8 Å². The highest BCUT2D eigenvalue weighted by atomic mass is 35.5. The number of rotatable bonds is 11. The molecule has 0 unspecified atom stereocenters. The highest BCUT2D eigenvalue weighted by Crippen LogP contribution is 2.27. The number of anilines is 1. The van der Waals surface area contributed by atoms with Gasteiger partial charge in [0, 0.05) is 17.6 Å². The monoisotopic (exact) mass is 559 g/mol. The second-order valence-electron chi connectivity index (χ2n) is 8.92. The van der Waals surface area contributed by atoms with Gasteiger partial charge >= 0.3 is 0 Å². The zero-order valence-electron chi connectivity index (χ0n) is 21.5. The molecule has 7 nitrogen and oxygen atoms in total. The summed E-state index contributed by atoms with van der Waals surface area (Å²) in [6, 6.07) is 18.5. The molecule has 0 aromatic heterocycles. The van der Waals surface area contributed by atoms with Gasteiger partial charge in [-0.15, -0.1) is 0 Å². The number of para-hydroxylation sites is 1.